The van der Waals surface area contributed by atoms with Crippen LogP contribution in [0.25, 0.3) is 21.5 Å². The molecule has 0 fully saturated rings. The highest BCUT2D eigenvalue weighted by Crippen LogP contribution is 2.26. The molecule has 0 saturated heterocycles. The van der Waals surface area contributed by atoms with Crippen molar-refractivity contribution in [1.29, 1.82) is 0 Å². The Balaban J connectivity index is 2.23. The smallest absolute Gasteiger partial charge is 0.137 e. The molecule has 1 nitrogen and oxygen atoms in total. The second kappa shape index (κ2) is 4.85. The number of carbonyl (C=O) groups excluding carboxylic acids is 1. The zero-order chi connectivity index (χ0) is 13.2. The lowest BCUT2D eigenvalue weighted by molar-refractivity contribution is -0.118. The van der Waals surface area contributed by atoms with Crippen molar-refractivity contribution >= 4 is 27.3 Å². The van der Waals surface area contributed by atoms with E-state index in [1.54, 1.807) is 0 Å². The normalized spacial score (nSPS) is 11.0. The van der Waals surface area contributed by atoms with E-state index in [-0.39, 0.29) is 0 Å². The summed E-state index contributed by atoms with van der Waals surface area (Å²) in [4.78, 5) is 11.7. The Kier molecular flexibility index (Phi) is 3.04. The standard InChI is InChI=1S/C18H16O/c1-2-17(19)11-16-9-5-8-15-10-13-6-3-4-7-14(13)12-18(15)16/h3-10,12H,2,11H2,1H3. The first kappa shape index (κ1) is 11.9. The molecule has 3 rings (SSSR count). The third-order valence-electron chi connectivity index (χ3n) is 3.62. The number of ketones is 1. The second-order valence-corrected chi connectivity index (χ2v) is 4.91. The Morgan fingerprint density at radius 2 is 1.58 bits per heavy atom. The SMILES string of the molecule is CCC(=O)Cc1cccc2cc3ccccc3cc12. The molecule has 0 unspecified atom stereocenters. The third kappa shape index (κ3) is 2.24. The molecule has 1 heteroatoms. The van der Waals surface area contributed by atoms with Crippen molar-refractivity contribution in [2.24, 2.45) is 0 Å². The van der Waals surface area contributed by atoms with Gasteiger partial charge < -0.3 is 0 Å². The number of fused-ring (bicyclic) bond motifs is 2. The predicted octanol–water partition coefficient (Wildman–Crippen LogP) is 4.51. The van der Waals surface area contributed by atoms with Crippen molar-refractivity contribution in [3.05, 3.63) is 60.2 Å². The predicted molar refractivity (Wildman–Crippen MR) is 80.5 cm³/mol. The van der Waals surface area contributed by atoms with Crippen molar-refractivity contribution in [3.8, 4) is 0 Å². The first-order chi connectivity index (χ1) is 9.28. The van der Waals surface area contributed by atoms with E-state index >= 15 is 0 Å². The quantitative estimate of drug-likeness (QED) is 0.623. The summed E-state index contributed by atoms with van der Waals surface area (Å²) in [6.07, 6.45) is 1.14. The van der Waals surface area contributed by atoms with Gasteiger partial charge in [-0.25, -0.2) is 0 Å². The van der Waals surface area contributed by atoms with Gasteiger partial charge in [0.1, 0.15) is 5.78 Å². The van der Waals surface area contributed by atoms with Gasteiger partial charge in [-0.3, -0.25) is 4.79 Å². The lowest BCUT2D eigenvalue weighted by Crippen LogP contribution is -2.00. The highest BCUT2D eigenvalue weighted by molar-refractivity contribution is 6.00. The molecule has 94 valence electrons. The van der Waals surface area contributed by atoms with Gasteiger partial charge in [-0.1, -0.05) is 49.4 Å². The molecule has 0 atom stereocenters. The molecular weight excluding hydrogens is 232 g/mol. The highest BCUT2D eigenvalue weighted by atomic mass is 16.1. The van der Waals surface area contributed by atoms with E-state index in [0.717, 1.165) is 5.56 Å². The molecule has 3 aromatic carbocycles. The molecule has 3 aromatic rings. The molecule has 0 bridgehead atoms. The van der Waals surface area contributed by atoms with Crippen LogP contribution in [0.1, 0.15) is 18.9 Å². The molecule has 0 aliphatic rings. The zero-order valence-electron chi connectivity index (χ0n) is 11.0. The maximum Gasteiger partial charge on any atom is 0.137 e. The molecule has 0 heterocycles. The third-order valence-corrected chi connectivity index (χ3v) is 3.62. The van der Waals surface area contributed by atoms with Gasteiger partial charge in [0.15, 0.2) is 0 Å². The summed E-state index contributed by atoms with van der Waals surface area (Å²) in [7, 11) is 0. The van der Waals surface area contributed by atoms with Crippen LogP contribution in [-0.2, 0) is 11.2 Å². The largest absolute Gasteiger partial charge is 0.299 e. The van der Waals surface area contributed by atoms with Gasteiger partial charge in [0.05, 0.1) is 0 Å². The fourth-order valence-corrected chi connectivity index (χ4v) is 2.52. The number of rotatable bonds is 3. The number of benzene rings is 3. The molecule has 0 spiro atoms. The minimum absolute atomic E-state index is 0.292. The molecule has 0 aliphatic carbocycles. The van der Waals surface area contributed by atoms with Crippen LogP contribution in [0.5, 0.6) is 0 Å². The van der Waals surface area contributed by atoms with E-state index < -0.39 is 0 Å². The summed E-state index contributed by atoms with van der Waals surface area (Å²) in [5, 5.41) is 4.88. The molecular formula is C18H16O. The van der Waals surface area contributed by atoms with Crippen LogP contribution >= 0.6 is 0 Å². The van der Waals surface area contributed by atoms with Crippen molar-refractivity contribution < 1.29 is 4.79 Å². The van der Waals surface area contributed by atoms with Gasteiger partial charge >= 0.3 is 0 Å². The zero-order valence-corrected chi connectivity index (χ0v) is 11.0. The van der Waals surface area contributed by atoms with Gasteiger partial charge in [-0.15, -0.1) is 0 Å². The number of hydrogen-bond donors (Lipinski definition) is 0. The first-order valence-electron chi connectivity index (χ1n) is 6.70. The van der Waals surface area contributed by atoms with E-state index in [0.29, 0.717) is 18.6 Å². The Morgan fingerprint density at radius 3 is 2.32 bits per heavy atom. The summed E-state index contributed by atoms with van der Waals surface area (Å²) in [6.45, 7) is 1.92. The van der Waals surface area contributed by atoms with E-state index in [9.17, 15) is 4.79 Å². The monoisotopic (exact) mass is 248 g/mol. The van der Waals surface area contributed by atoms with Crippen molar-refractivity contribution in [2.45, 2.75) is 19.8 Å². The topological polar surface area (TPSA) is 17.1 Å². The van der Waals surface area contributed by atoms with Crippen molar-refractivity contribution in [2.75, 3.05) is 0 Å². The van der Waals surface area contributed by atoms with Crippen LogP contribution in [0.15, 0.2) is 54.6 Å². The summed E-state index contributed by atoms with van der Waals surface area (Å²) in [5.41, 5.74) is 1.13. The second-order valence-electron chi connectivity index (χ2n) is 4.91. The molecule has 0 aromatic heterocycles. The van der Waals surface area contributed by atoms with Crippen LogP contribution < -0.4 is 0 Å². The molecule has 0 radical (unpaired) electrons. The highest BCUT2D eigenvalue weighted by Gasteiger charge is 2.06. The Morgan fingerprint density at radius 1 is 0.895 bits per heavy atom. The Labute approximate surface area is 112 Å². The lowest BCUT2D eigenvalue weighted by atomic mass is 9.97. The average Bonchev–Trinajstić information content (AvgIpc) is 2.45. The van der Waals surface area contributed by atoms with Gasteiger partial charge in [0, 0.05) is 12.8 Å². The fraction of sp³-hybridized carbons (Fsp3) is 0.167. The van der Waals surface area contributed by atoms with Crippen LogP contribution in [0, 0.1) is 0 Å². The van der Waals surface area contributed by atoms with Crippen LogP contribution in [0.3, 0.4) is 0 Å². The van der Waals surface area contributed by atoms with Gasteiger partial charge in [-0.2, -0.15) is 0 Å². The van der Waals surface area contributed by atoms with Crippen LogP contribution in [-0.4, -0.2) is 5.78 Å². The minimum atomic E-state index is 0.292. The van der Waals surface area contributed by atoms with Gasteiger partial charge in [0.2, 0.25) is 0 Å². The maximum absolute atomic E-state index is 11.7. The number of hydrogen-bond acceptors (Lipinski definition) is 1. The molecule has 19 heavy (non-hydrogen) atoms. The lowest BCUT2D eigenvalue weighted by Gasteiger charge is -2.07. The van der Waals surface area contributed by atoms with E-state index in [2.05, 4.69) is 42.5 Å². The fourth-order valence-electron chi connectivity index (χ4n) is 2.52. The van der Waals surface area contributed by atoms with Crippen LogP contribution in [0.2, 0.25) is 0 Å². The summed E-state index contributed by atoms with van der Waals surface area (Å²) < 4.78 is 0. The number of Topliss-reactive ketones (excluding diaryl/α,β-unsaturated/α-hetero) is 1. The molecule has 0 N–H and O–H groups in total. The number of carbonyl (C=O) groups is 1. The van der Waals surface area contributed by atoms with Gasteiger partial charge in [-0.05, 0) is 39.2 Å². The molecule has 0 amide bonds. The average molecular weight is 248 g/mol. The Bertz CT molecular complexity index is 756. The summed E-state index contributed by atoms with van der Waals surface area (Å²) >= 11 is 0. The first-order valence-corrected chi connectivity index (χ1v) is 6.70. The van der Waals surface area contributed by atoms with Gasteiger partial charge in [0.25, 0.3) is 0 Å². The van der Waals surface area contributed by atoms with Crippen molar-refractivity contribution in [3.63, 3.8) is 0 Å². The minimum Gasteiger partial charge on any atom is -0.299 e. The molecule has 0 saturated carbocycles. The molecule has 0 aliphatic heterocycles. The summed E-state index contributed by atoms with van der Waals surface area (Å²) in [6, 6.07) is 19.0. The maximum atomic E-state index is 11.7. The van der Waals surface area contributed by atoms with E-state index in [1.165, 1.54) is 21.5 Å². The Hall–Kier alpha value is -2.15. The van der Waals surface area contributed by atoms with E-state index in [1.807, 2.05) is 19.1 Å². The summed E-state index contributed by atoms with van der Waals surface area (Å²) in [5.74, 6) is 0.292. The van der Waals surface area contributed by atoms with Crippen LogP contribution in [0.4, 0.5) is 0 Å². The van der Waals surface area contributed by atoms with Crippen molar-refractivity contribution in [1.82, 2.24) is 0 Å². The van der Waals surface area contributed by atoms with E-state index in [4.69, 9.17) is 0 Å².